The summed E-state index contributed by atoms with van der Waals surface area (Å²) in [5.41, 5.74) is 2.38. The molecule has 0 aliphatic carbocycles. The molecule has 2 amide bonds. The monoisotopic (exact) mass is 479 g/mol. The standard InChI is InChI=1S/C25H19Cl2N3O3/c1-16-5-8-21(9-6-16)29-24(31)15-33-23-10-7-20(27)12-17(23)11-18(14-28)25(32)30-22-4-2-3-19(26)13-22/h2-13H,15H2,1H3,(H,29,31)(H,30,32)/b18-11+. The summed E-state index contributed by atoms with van der Waals surface area (Å²) in [5.74, 6) is -0.687. The molecule has 3 aromatic rings. The molecule has 0 fully saturated rings. The van der Waals surface area contributed by atoms with Gasteiger partial charge < -0.3 is 15.4 Å². The van der Waals surface area contributed by atoms with Crippen LogP contribution in [-0.2, 0) is 9.59 Å². The Labute approximate surface area is 201 Å². The average Bonchev–Trinajstić information content (AvgIpc) is 2.78. The number of carbonyl (C=O) groups is 2. The number of rotatable bonds is 7. The fraction of sp³-hybridized carbons (Fsp3) is 0.0800. The van der Waals surface area contributed by atoms with E-state index in [-0.39, 0.29) is 18.1 Å². The molecule has 0 unspecified atom stereocenters. The van der Waals surface area contributed by atoms with Crippen molar-refractivity contribution in [1.29, 1.82) is 5.26 Å². The summed E-state index contributed by atoms with van der Waals surface area (Å²) in [7, 11) is 0. The summed E-state index contributed by atoms with van der Waals surface area (Å²) < 4.78 is 5.64. The van der Waals surface area contributed by atoms with Crippen LogP contribution in [0.5, 0.6) is 5.75 Å². The minimum Gasteiger partial charge on any atom is -0.483 e. The number of nitriles is 1. The first-order chi connectivity index (χ1) is 15.8. The van der Waals surface area contributed by atoms with Crippen LogP contribution in [0.15, 0.2) is 72.3 Å². The normalized spacial score (nSPS) is 10.8. The van der Waals surface area contributed by atoms with Crippen molar-refractivity contribution in [2.24, 2.45) is 0 Å². The minimum atomic E-state index is -0.622. The molecule has 3 aromatic carbocycles. The Morgan fingerprint density at radius 2 is 1.70 bits per heavy atom. The number of aryl methyl sites for hydroxylation is 1. The SMILES string of the molecule is Cc1ccc(NC(=O)COc2ccc(Cl)cc2/C=C(\C#N)C(=O)Nc2cccc(Cl)c2)cc1. The Hall–Kier alpha value is -3.79. The van der Waals surface area contributed by atoms with Gasteiger partial charge in [-0.05, 0) is 61.5 Å². The van der Waals surface area contributed by atoms with E-state index in [0.717, 1.165) is 5.56 Å². The van der Waals surface area contributed by atoms with Crippen molar-refractivity contribution in [3.05, 3.63) is 93.5 Å². The summed E-state index contributed by atoms with van der Waals surface area (Å²) in [5, 5.41) is 15.7. The molecule has 33 heavy (non-hydrogen) atoms. The third kappa shape index (κ3) is 7.11. The van der Waals surface area contributed by atoms with E-state index in [1.165, 1.54) is 6.08 Å². The van der Waals surface area contributed by atoms with Gasteiger partial charge in [-0.3, -0.25) is 9.59 Å². The molecule has 0 saturated carbocycles. The molecular formula is C25H19Cl2N3O3. The molecule has 0 heterocycles. The van der Waals surface area contributed by atoms with E-state index in [9.17, 15) is 14.9 Å². The molecule has 3 rings (SSSR count). The molecule has 0 atom stereocenters. The van der Waals surface area contributed by atoms with Crippen molar-refractivity contribution in [2.45, 2.75) is 6.92 Å². The van der Waals surface area contributed by atoms with Gasteiger partial charge in [-0.2, -0.15) is 5.26 Å². The topological polar surface area (TPSA) is 91.2 Å². The smallest absolute Gasteiger partial charge is 0.266 e. The number of amides is 2. The van der Waals surface area contributed by atoms with Crippen LogP contribution in [0, 0.1) is 18.3 Å². The van der Waals surface area contributed by atoms with Crippen LogP contribution in [0.4, 0.5) is 11.4 Å². The van der Waals surface area contributed by atoms with Crippen LogP contribution in [0.1, 0.15) is 11.1 Å². The molecule has 166 valence electrons. The van der Waals surface area contributed by atoms with Crippen molar-refractivity contribution in [3.63, 3.8) is 0 Å². The van der Waals surface area contributed by atoms with Crippen LogP contribution in [-0.4, -0.2) is 18.4 Å². The molecule has 6 nitrogen and oxygen atoms in total. The Balaban J connectivity index is 1.74. The maximum Gasteiger partial charge on any atom is 0.266 e. The van der Waals surface area contributed by atoms with Crippen molar-refractivity contribution < 1.29 is 14.3 Å². The van der Waals surface area contributed by atoms with E-state index >= 15 is 0 Å². The van der Waals surface area contributed by atoms with Gasteiger partial charge in [-0.15, -0.1) is 0 Å². The van der Waals surface area contributed by atoms with Crippen molar-refractivity contribution in [1.82, 2.24) is 0 Å². The molecule has 0 aromatic heterocycles. The van der Waals surface area contributed by atoms with Crippen molar-refractivity contribution in [3.8, 4) is 11.8 Å². The lowest BCUT2D eigenvalue weighted by Crippen LogP contribution is -2.20. The van der Waals surface area contributed by atoms with Gasteiger partial charge in [-0.1, -0.05) is 47.0 Å². The fourth-order valence-corrected chi connectivity index (χ4v) is 3.18. The zero-order valence-electron chi connectivity index (χ0n) is 17.6. The molecule has 0 aliphatic rings. The maximum atomic E-state index is 12.6. The van der Waals surface area contributed by atoms with Gasteiger partial charge in [0.05, 0.1) is 0 Å². The van der Waals surface area contributed by atoms with E-state index in [2.05, 4.69) is 10.6 Å². The predicted molar refractivity (Wildman–Crippen MR) is 130 cm³/mol. The number of carbonyl (C=O) groups excluding carboxylic acids is 2. The molecule has 0 spiro atoms. The highest BCUT2D eigenvalue weighted by Crippen LogP contribution is 2.26. The van der Waals surface area contributed by atoms with Gasteiger partial charge in [-0.25, -0.2) is 0 Å². The number of nitrogens with zero attached hydrogens (tertiary/aromatic N) is 1. The first kappa shape index (κ1) is 23.9. The average molecular weight is 480 g/mol. The van der Waals surface area contributed by atoms with E-state index in [1.54, 1.807) is 54.6 Å². The van der Waals surface area contributed by atoms with Crippen LogP contribution >= 0.6 is 23.2 Å². The lowest BCUT2D eigenvalue weighted by molar-refractivity contribution is -0.118. The molecule has 2 N–H and O–H groups in total. The molecule has 0 bridgehead atoms. The van der Waals surface area contributed by atoms with Crippen LogP contribution in [0.2, 0.25) is 10.0 Å². The largest absolute Gasteiger partial charge is 0.483 e. The number of benzene rings is 3. The van der Waals surface area contributed by atoms with Crippen LogP contribution in [0.25, 0.3) is 6.08 Å². The highest BCUT2D eigenvalue weighted by Gasteiger charge is 2.13. The second kappa shape index (κ2) is 11.2. The molecule has 0 aliphatic heterocycles. The first-order valence-corrected chi connectivity index (χ1v) is 10.6. The lowest BCUT2D eigenvalue weighted by Gasteiger charge is -2.11. The number of hydrogen-bond acceptors (Lipinski definition) is 4. The number of nitrogens with one attached hydrogen (secondary N) is 2. The molecule has 0 saturated heterocycles. The van der Waals surface area contributed by atoms with Crippen molar-refractivity contribution in [2.75, 3.05) is 17.2 Å². The number of halogens is 2. The number of hydrogen-bond donors (Lipinski definition) is 2. The van der Waals surface area contributed by atoms with E-state index in [1.807, 2.05) is 25.1 Å². The zero-order valence-corrected chi connectivity index (χ0v) is 19.1. The summed E-state index contributed by atoms with van der Waals surface area (Å²) in [4.78, 5) is 24.8. The van der Waals surface area contributed by atoms with E-state index in [0.29, 0.717) is 32.7 Å². The Kier molecular flexibility index (Phi) is 8.09. The zero-order chi connectivity index (χ0) is 23.8. The van der Waals surface area contributed by atoms with Gasteiger partial charge in [0, 0.05) is 27.0 Å². The van der Waals surface area contributed by atoms with Gasteiger partial charge in [0.25, 0.3) is 11.8 Å². The highest BCUT2D eigenvalue weighted by atomic mass is 35.5. The number of anilines is 2. The third-order valence-electron chi connectivity index (χ3n) is 4.41. The Morgan fingerprint density at radius 3 is 2.39 bits per heavy atom. The van der Waals surface area contributed by atoms with Gasteiger partial charge in [0.2, 0.25) is 0 Å². The van der Waals surface area contributed by atoms with E-state index < -0.39 is 5.91 Å². The summed E-state index contributed by atoms with van der Waals surface area (Å²) in [6.45, 7) is 1.68. The third-order valence-corrected chi connectivity index (χ3v) is 4.88. The van der Waals surface area contributed by atoms with Crippen LogP contribution < -0.4 is 15.4 Å². The quantitative estimate of drug-likeness (QED) is 0.327. The lowest BCUT2D eigenvalue weighted by atomic mass is 10.1. The predicted octanol–water partition coefficient (Wildman–Crippen LogP) is 5.87. The molecule has 0 radical (unpaired) electrons. The molecule has 8 heteroatoms. The second-order valence-corrected chi connectivity index (χ2v) is 7.89. The van der Waals surface area contributed by atoms with Gasteiger partial charge >= 0.3 is 0 Å². The second-order valence-electron chi connectivity index (χ2n) is 7.02. The maximum absolute atomic E-state index is 12.6. The first-order valence-electron chi connectivity index (χ1n) is 9.81. The summed E-state index contributed by atoms with van der Waals surface area (Å²) in [6, 6.07) is 20.5. The molecular weight excluding hydrogens is 461 g/mol. The van der Waals surface area contributed by atoms with Gasteiger partial charge in [0.15, 0.2) is 6.61 Å². The summed E-state index contributed by atoms with van der Waals surface area (Å²) >= 11 is 12.0. The summed E-state index contributed by atoms with van der Waals surface area (Å²) in [6.07, 6.45) is 1.35. The highest BCUT2D eigenvalue weighted by molar-refractivity contribution is 6.31. The van der Waals surface area contributed by atoms with E-state index in [4.69, 9.17) is 27.9 Å². The van der Waals surface area contributed by atoms with Crippen LogP contribution in [0.3, 0.4) is 0 Å². The fourth-order valence-electron chi connectivity index (χ4n) is 2.81. The number of ether oxygens (including phenoxy) is 1. The van der Waals surface area contributed by atoms with Gasteiger partial charge in [0.1, 0.15) is 17.4 Å². The van der Waals surface area contributed by atoms with Crippen molar-refractivity contribution >= 4 is 52.5 Å². The minimum absolute atomic E-state index is 0.175. The Morgan fingerprint density at radius 1 is 0.970 bits per heavy atom. The Bertz CT molecular complexity index is 1250.